The average molecular weight is 432 g/mol. The smallest absolute Gasteiger partial charge is 0.203 e. The Balaban J connectivity index is 1.54. The van der Waals surface area contributed by atoms with Gasteiger partial charge in [-0.1, -0.05) is 18.2 Å². The van der Waals surface area contributed by atoms with E-state index in [2.05, 4.69) is 20.2 Å². The first kappa shape index (κ1) is 21.4. The molecule has 0 saturated carbocycles. The minimum Gasteiger partial charge on any atom is -0.485 e. The van der Waals surface area contributed by atoms with E-state index in [0.29, 0.717) is 23.7 Å². The topological polar surface area (TPSA) is 108 Å². The highest BCUT2D eigenvalue weighted by Gasteiger charge is 2.12. The third-order valence-corrected chi connectivity index (χ3v) is 5.02. The molecule has 0 aliphatic carbocycles. The van der Waals surface area contributed by atoms with Crippen LogP contribution in [0.4, 0.5) is 0 Å². The Labute approximate surface area is 185 Å². The molecular formula is C23H24N6O3. The number of aryl methyl sites for hydroxylation is 1. The Morgan fingerprint density at radius 1 is 1.12 bits per heavy atom. The second kappa shape index (κ2) is 9.11. The molecule has 0 aliphatic heterocycles. The van der Waals surface area contributed by atoms with Crippen LogP contribution in [-0.2, 0) is 13.5 Å². The highest BCUT2D eigenvalue weighted by molar-refractivity contribution is 5.56. The Bertz CT molecular complexity index is 1260. The van der Waals surface area contributed by atoms with E-state index in [4.69, 9.17) is 4.74 Å². The summed E-state index contributed by atoms with van der Waals surface area (Å²) in [6.07, 6.45) is 7.74. The minimum atomic E-state index is -0.597. The SMILES string of the molecule is C[C@H](Oc1cnc(-c2cccc(Cc3nn(-c4cnn(C)c4)ccc3=O)c2)nc1)[C@@H](C)O. The fourth-order valence-corrected chi connectivity index (χ4v) is 3.09. The summed E-state index contributed by atoms with van der Waals surface area (Å²) in [6.45, 7) is 3.44. The maximum atomic E-state index is 12.4. The molecule has 0 unspecified atom stereocenters. The summed E-state index contributed by atoms with van der Waals surface area (Å²) in [5.74, 6) is 1.03. The lowest BCUT2D eigenvalue weighted by Gasteiger charge is -2.16. The van der Waals surface area contributed by atoms with E-state index < -0.39 is 6.10 Å². The fraction of sp³-hybridized carbons (Fsp3) is 0.261. The van der Waals surface area contributed by atoms with Gasteiger partial charge in [0.05, 0.1) is 30.9 Å². The number of aliphatic hydroxyl groups is 1. The Hall–Kier alpha value is -3.85. The zero-order valence-electron chi connectivity index (χ0n) is 18.1. The van der Waals surface area contributed by atoms with Crippen molar-refractivity contribution in [2.75, 3.05) is 0 Å². The van der Waals surface area contributed by atoms with Gasteiger partial charge in [-0.05, 0) is 25.5 Å². The first-order chi connectivity index (χ1) is 15.4. The van der Waals surface area contributed by atoms with Crippen LogP contribution in [0.25, 0.3) is 17.1 Å². The van der Waals surface area contributed by atoms with Gasteiger partial charge >= 0.3 is 0 Å². The molecular weight excluding hydrogens is 408 g/mol. The van der Waals surface area contributed by atoms with Crippen LogP contribution in [0.15, 0.2) is 66.1 Å². The van der Waals surface area contributed by atoms with Crippen LogP contribution < -0.4 is 10.2 Å². The molecule has 9 heteroatoms. The molecule has 3 heterocycles. The van der Waals surface area contributed by atoms with Crippen LogP contribution in [0, 0.1) is 0 Å². The number of hydrogen-bond donors (Lipinski definition) is 1. The molecule has 0 spiro atoms. The van der Waals surface area contributed by atoms with Gasteiger partial charge in [-0.3, -0.25) is 9.48 Å². The number of benzene rings is 1. The molecule has 164 valence electrons. The van der Waals surface area contributed by atoms with Gasteiger partial charge in [0, 0.05) is 31.3 Å². The maximum absolute atomic E-state index is 12.4. The largest absolute Gasteiger partial charge is 0.485 e. The third kappa shape index (κ3) is 4.89. The second-order valence-corrected chi connectivity index (χ2v) is 7.63. The number of aromatic nitrogens is 6. The first-order valence-electron chi connectivity index (χ1n) is 10.2. The maximum Gasteiger partial charge on any atom is 0.203 e. The molecule has 0 fully saturated rings. The van der Waals surface area contributed by atoms with E-state index in [1.165, 1.54) is 6.07 Å². The van der Waals surface area contributed by atoms with E-state index in [0.717, 1.165) is 16.8 Å². The number of hydrogen-bond acceptors (Lipinski definition) is 7. The zero-order chi connectivity index (χ0) is 22.7. The van der Waals surface area contributed by atoms with Gasteiger partial charge in [-0.15, -0.1) is 0 Å². The van der Waals surface area contributed by atoms with E-state index in [9.17, 15) is 9.90 Å². The van der Waals surface area contributed by atoms with Crippen molar-refractivity contribution < 1.29 is 9.84 Å². The van der Waals surface area contributed by atoms with Gasteiger partial charge in [-0.2, -0.15) is 10.2 Å². The highest BCUT2D eigenvalue weighted by Crippen LogP contribution is 2.20. The van der Waals surface area contributed by atoms with E-state index in [1.807, 2.05) is 37.5 Å². The van der Waals surface area contributed by atoms with Crippen molar-refractivity contribution in [3.63, 3.8) is 0 Å². The normalized spacial score (nSPS) is 13.0. The molecule has 9 nitrogen and oxygen atoms in total. The fourth-order valence-electron chi connectivity index (χ4n) is 3.09. The first-order valence-corrected chi connectivity index (χ1v) is 10.2. The second-order valence-electron chi connectivity index (χ2n) is 7.63. The number of aliphatic hydroxyl groups excluding tert-OH is 1. The molecule has 32 heavy (non-hydrogen) atoms. The molecule has 3 aromatic heterocycles. The zero-order valence-corrected chi connectivity index (χ0v) is 18.1. The Morgan fingerprint density at radius 3 is 2.59 bits per heavy atom. The van der Waals surface area contributed by atoms with Crippen LogP contribution >= 0.6 is 0 Å². The van der Waals surface area contributed by atoms with Crippen molar-refractivity contribution in [1.29, 1.82) is 0 Å². The molecule has 1 N–H and O–H groups in total. The van der Waals surface area contributed by atoms with Crippen molar-refractivity contribution in [2.24, 2.45) is 7.05 Å². The molecule has 4 rings (SSSR count). The van der Waals surface area contributed by atoms with Crippen LogP contribution in [0.3, 0.4) is 0 Å². The van der Waals surface area contributed by atoms with Crippen LogP contribution in [0.2, 0.25) is 0 Å². The van der Waals surface area contributed by atoms with Crippen LogP contribution in [-0.4, -0.2) is 46.8 Å². The number of nitrogens with zero attached hydrogens (tertiary/aromatic N) is 6. The Morgan fingerprint density at radius 2 is 1.91 bits per heavy atom. The van der Waals surface area contributed by atoms with Gasteiger partial charge in [0.2, 0.25) is 5.43 Å². The Kier molecular flexibility index (Phi) is 6.09. The lowest BCUT2D eigenvalue weighted by molar-refractivity contribution is 0.0600. The lowest BCUT2D eigenvalue weighted by Crippen LogP contribution is -2.25. The van der Waals surface area contributed by atoms with Gasteiger partial charge in [-0.25, -0.2) is 14.6 Å². The summed E-state index contributed by atoms with van der Waals surface area (Å²) in [5.41, 5.74) is 2.83. The van der Waals surface area contributed by atoms with Crippen molar-refractivity contribution in [3.8, 4) is 22.8 Å². The average Bonchev–Trinajstić information content (AvgIpc) is 3.22. The standard InChI is InChI=1S/C23H24N6O3/c1-15(30)16(2)32-20-12-24-23(25-13-20)18-6-4-5-17(9-18)10-21-22(31)7-8-29(27-21)19-11-26-28(3)14-19/h4-9,11-16,30H,10H2,1-3H3/t15-,16+/m1/s1. The van der Waals surface area contributed by atoms with Gasteiger partial charge < -0.3 is 9.84 Å². The summed E-state index contributed by atoms with van der Waals surface area (Å²) in [6, 6.07) is 9.20. The number of ether oxygens (including phenoxy) is 1. The molecule has 0 aliphatic rings. The highest BCUT2D eigenvalue weighted by atomic mass is 16.5. The molecule has 0 saturated heterocycles. The van der Waals surface area contributed by atoms with Crippen LogP contribution in [0.5, 0.6) is 5.75 Å². The molecule has 2 atom stereocenters. The summed E-state index contributed by atoms with van der Waals surface area (Å²) in [7, 11) is 1.83. The van der Waals surface area contributed by atoms with Gasteiger partial charge in [0.15, 0.2) is 11.6 Å². The third-order valence-electron chi connectivity index (χ3n) is 5.02. The summed E-state index contributed by atoms with van der Waals surface area (Å²) >= 11 is 0. The van der Waals surface area contributed by atoms with Crippen LogP contribution in [0.1, 0.15) is 25.1 Å². The van der Waals surface area contributed by atoms with E-state index in [-0.39, 0.29) is 11.5 Å². The molecule has 4 aromatic rings. The quantitative estimate of drug-likeness (QED) is 0.477. The lowest BCUT2D eigenvalue weighted by atomic mass is 10.1. The molecule has 0 amide bonds. The summed E-state index contributed by atoms with van der Waals surface area (Å²) in [4.78, 5) is 21.1. The predicted octanol–water partition coefficient (Wildman–Crippen LogP) is 2.16. The molecule has 1 aromatic carbocycles. The monoisotopic (exact) mass is 432 g/mol. The van der Waals surface area contributed by atoms with Gasteiger partial charge in [0.1, 0.15) is 17.5 Å². The molecule has 0 radical (unpaired) electrons. The van der Waals surface area contributed by atoms with E-state index >= 15 is 0 Å². The summed E-state index contributed by atoms with van der Waals surface area (Å²) < 4.78 is 8.93. The minimum absolute atomic E-state index is 0.125. The van der Waals surface area contributed by atoms with Crippen molar-refractivity contribution >= 4 is 0 Å². The van der Waals surface area contributed by atoms with Crippen molar-refractivity contribution in [2.45, 2.75) is 32.5 Å². The van der Waals surface area contributed by atoms with E-state index in [1.54, 1.807) is 48.0 Å². The molecule has 0 bridgehead atoms. The van der Waals surface area contributed by atoms with Crippen molar-refractivity contribution in [3.05, 3.63) is 82.8 Å². The van der Waals surface area contributed by atoms with Gasteiger partial charge in [0.25, 0.3) is 0 Å². The van der Waals surface area contributed by atoms with Crippen molar-refractivity contribution in [1.82, 2.24) is 29.5 Å². The number of rotatable bonds is 7. The summed E-state index contributed by atoms with van der Waals surface area (Å²) in [5, 5.41) is 18.2. The predicted molar refractivity (Wildman–Crippen MR) is 119 cm³/mol.